The molecular formula is C9H14N2O10. The maximum atomic E-state index is 10.8. The van der Waals surface area contributed by atoms with Gasteiger partial charge < -0.3 is 29.9 Å². The van der Waals surface area contributed by atoms with E-state index < -0.39 is 43.3 Å². The molecule has 4 atom stereocenters. The van der Waals surface area contributed by atoms with Gasteiger partial charge in [-0.05, 0) is 0 Å². The summed E-state index contributed by atoms with van der Waals surface area (Å²) in [6.07, 6.45) is -5.63. The zero-order valence-electron chi connectivity index (χ0n) is 10.4. The van der Waals surface area contributed by atoms with Crippen molar-refractivity contribution >= 4 is 24.9 Å². The minimum atomic E-state index is -2.23. The van der Waals surface area contributed by atoms with Gasteiger partial charge in [-0.3, -0.25) is 25.0 Å². The quantitative estimate of drug-likeness (QED) is 0.151. The molecule has 120 valence electrons. The normalized spacial score (nSPS) is 16.1. The summed E-state index contributed by atoms with van der Waals surface area (Å²) in [5.41, 5.74) is 0. The minimum Gasteiger partial charge on any atom is -0.480 e. The lowest BCUT2D eigenvalue weighted by atomic mass is 10.1. The van der Waals surface area contributed by atoms with Crippen LogP contribution in [0.15, 0.2) is 0 Å². The molecule has 0 saturated heterocycles. The molecular weight excluding hydrogens is 296 g/mol. The van der Waals surface area contributed by atoms with Crippen molar-refractivity contribution in [3.63, 3.8) is 0 Å². The van der Waals surface area contributed by atoms with Crippen LogP contribution in [0.2, 0.25) is 0 Å². The fraction of sp³-hybridized carbons (Fsp3) is 0.556. The zero-order valence-corrected chi connectivity index (χ0v) is 10.4. The van der Waals surface area contributed by atoms with Gasteiger partial charge in [0.1, 0.15) is 6.04 Å². The van der Waals surface area contributed by atoms with Gasteiger partial charge in [0.05, 0.1) is 0 Å². The Bertz CT molecular complexity index is 376. The van der Waals surface area contributed by atoms with Crippen LogP contribution in [-0.2, 0) is 28.7 Å². The first-order valence-electron chi connectivity index (χ1n) is 5.31. The van der Waals surface area contributed by atoms with E-state index in [0.717, 1.165) is 0 Å². The third-order valence-electron chi connectivity index (χ3n) is 2.12. The smallest absolute Gasteiger partial charge is 0.334 e. The Labute approximate surface area is 117 Å². The summed E-state index contributed by atoms with van der Waals surface area (Å²) in [5, 5.41) is 39.9. The van der Waals surface area contributed by atoms with E-state index in [1.807, 2.05) is 0 Å². The highest BCUT2D eigenvalue weighted by atomic mass is 16.7. The van der Waals surface area contributed by atoms with Crippen LogP contribution in [0.4, 0.5) is 0 Å². The molecule has 0 aliphatic heterocycles. The van der Waals surface area contributed by atoms with Crippen LogP contribution in [0.25, 0.3) is 0 Å². The van der Waals surface area contributed by atoms with Crippen molar-refractivity contribution in [2.45, 2.75) is 24.7 Å². The minimum absolute atomic E-state index is 0.0736. The lowest BCUT2D eigenvalue weighted by Crippen LogP contribution is -2.55. The van der Waals surface area contributed by atoms with Gasteiger partial charge in [-0.15, -0.1) is 0 Å². The molecule has 0 fully saturated rings. The van der Waals surface area contributed by atoms with Crippen molar-refractivity contribution < 1.29 is 49.1 Å². The molecule has 0 saturated carbocycles. The first-order chi connectivity index (χ1) is 9.84. The van der Waals surface area contributed by atoms with Crippen molar-refractivity contribution in [2.24, 2.45) is 0 Å². The molecule has 0 heterocycles. The first-order valence-corrected chi connectivity index (χ1v) is 5.31. The van der Waals surface area contributed by atoms with Crippen LogP contribution in [0.3, 0.4) is 0 Å². The number of carbonyl (C=O) groups excluding carboxylic acids is 2. The maximum absolute atomic E-state index is 10.8. The van der Waals surface area contributed by atoms with E-state index in [-0.39, 0.29) is 12.9 Å². The zero-order chi connectivity index (χ0) is 16.4. The number of nitrogens with one attached hydrogen (secondary N) is 2. The number of aliphatic hydroxyl groups excluding tert-OH is 2. The van der Waals surface area contributed by atoms with Crippen LogP contribution < -0.4 is 10.6 Å². The van der Waals surface area contributed by atoms with Crippen molar-refractivity contribution in [1.29, 1.82) is 0 Å². The van der Waals surface area contributed by atoms with Gasteiger partial charge in [0.15, 0.2) is 6.10 Å². The van der Waals surface area contributed by atoms with Crippen LogP contribution in [0.5, 0.6) is 0 Å². The van der Waals surface area contributed by atoms with E-state index in [1.54, 1.807) is 0 Å². The molecule has 4 unspecified atom stereocenters. The second-order valence-corrected chi connectivity index (χ2v) is 3.46. The largest absolute Gasteiger partial charge is 0.480 e. The number of aliphatic carboxylic acids is 2. The summed E-state index contributed by atoms with van der Waals surface area (Å²) in [5.74, 6) is -3.41. The van der Waals surface area contributed by atoms with E-state index in [0.29, 0.717) is 0 Å². The Morgan fingerprint density at radius 3 is 2.00 bits per heavy atom. The average Bonchev–Trinajstić information content (AvgIpc) is 2.41. The lowest BCUT2D eigenvalue weighted by molar-refractivity contribution is -0.188. The summed E-state index contributed by atoms with van der Waals surface area (Å²) in [6, 6.07) is -1.86. The van der Waals surface area contributed by atoms with Gasteiger partial charge >= 0.3 is 11.9 Å². The van der Waals surface area contributed by atoms with Crippen molar-refractivity contribution in [3.05, 3.63) is 0 Å². The summed E-state index contributed by atoms with van der Waals surface area (Å²) in [7, 11) is 0. The molecule has 0 aromatic rings. The van der Waals surface area contributed by atoms with Gasteiger partial charge in [0.25, 0.3) is 19.2 Å². The average molecular weight is 310 g/mol. The van der Waals surface area contributed by atoms with E-state index >= 15 is 0 Å². The number of hydrogen-bond acceptors (Lipinski definition) is 10. The van der Waals surface area contributed by atoms with Gasteiger partial charge in [-0.2, -0.15) is 0 Å². The third-order valence-corrected chi connectivity index (χ3v) is 2.12. The highest BCUT2D eigenvalue weighted by molar-refractivity contribution is 5.84. The Kier molecular flexibility index (Phi) is 8.55. The fourth-order valence-electron chi connectivity index (χ4n) is 1.15. The van der Waals surface area contributed by atoms with E-state index in [1.165, 1.54) is 0 Å². The highest BCUT2D eigenvalue weighted by Gasteiger charge is 2.32. The molecule has 0 amide bonds. The number of hydrogen-bond donors (Lipinski definition) is 6. The predicted molar refractivity (Wildman–Crippen MR) is 60.3 cm³/mol. The number of ether oxygens (including phenoxy) is 2. The summed E-state index contributed by atoms with van der Waals surface area (Å²) < 4.78 is 8.40. The predicted octanol–water partition coefficient (Wildman–Crippen LogP) is -3.99. The summed E-state index contributed by atoms with van der Waals surface area (Å²) in [4.78, 5) is 41.4. The number of carboxylic acids is 2. The Hall–Kier alpha value is -2.28. The van der Waals surface area contributed by atoms with Crippen molar-refractivity contribution in [3.8, 4) is 0 Å². The molecule has 0 spiro atoms. The second-order valence-electron chi connectivity index (χ2n) is 3.46. The molecule has 12 heteroatoms. The topological polar surface area (TPSA) is 192 Å². The number of carboxylic acid groups (broad SMARTS) is 2. The van der Waals surface area contributed by atoms with Crippen LogP contribution >= 0.6 is 0 Å². The molecule has 0 aliphatic carbocycles. The van der Waals surface area contributed by atoms with Gasteiger partial charge in [-0.25, -0.2) is 4.79 Å². The van der Waals surface area contributed by atoms with E-state index in [4.69, 9.17) is 15.3 Å². The van der Waals surface area contributed by atoms with Crippen LogP contribution in [-0.4, -0.2) is 76.6 Å². The third kappa shape index (κ3) is 6.62. The number of aliphatic hydroxyl groups is 2. The lowest BCUT2D eigenvalue weighted by Gasteiger charge is -2.23. The molecule has 0 aromatic carbocycles. The summed E-state index contributed by atoms with van der Waals surface area (Å²) in [6.45, 7) is -0.690. The van der Waals surface area contributed by atoms with Crippen LogP contribution in [0.1, 0.15) is 0 Å². The van der Waals surface area contributed by atoms with Gasteiger partial charge in [0, 0.05) is 6.67 Å². The molecule has 0 bridgehead atoms. The molecule has 0 rings (SSSR count). The monoisotopic (exact) mass is 310 g/mol. The van der Waals surface area contributed by atoms with E-state index in [2.05, 4.69) is 20.1 Å². The Balaban J connectivity index is 4.50. The van der Waals surface area contributed by atoms with Gasteiger partial charge in [-0.1, -0.05) is 0 Å². The molecule has 0 radical (unpaired) electrons. The SMILES string of the molecule is O=COC(O)C(NCNC(C(=O)O)C(O)C(=O)O)OC=O. The molecule has 0 aromatic heterocycles. The maximum Gasteiger partial charge on any atom is 0.334 e. The van der Waals surface area contributed by atoms with E-state index in [9.17, 15) is 24.3 Å². The fourth-order valence-corrected chi connectivity index (χ4v) is 1.15. The molecule has 6 N–H and O–H groups in total. The van der Waals surface area contributed by atoms with Crippen molar-refractivity contribution in [1.82, 2.24) is 10.6 Å². The Morgan fingerprint density at radius 1 is 1.00 bits per heavy atom. The van der Waals surface area contributed by atoms with Gasteiger partial charge in [0.2, 0.25) is 6.23 Å². The molecule has 12 nitrogen and oxygen atoms in total. The summed E-state index contributed by atoms with van der Waals surface area (Å²) >= 11 is 0. The second kappa shape index (κ2) is 9.60. The number of carbonyl (C=O) groups is 4. The number of rotatable bonds is 12. The van der Waals surface area contributed by atoms with Crippen LogP contribution in [0, 0.1) is 0 Å². The first kappa shape index (κ1) is 18.7. The molecule has 21 heavy (non-hydrogen) atoms. The van der Waals surface area contributed by atoms with Crippen molar-refractivity contribution in [2.75, 3.05) is 6.67 Å². The molecule has 0 aliphatic rings. The standard InChI is InChI=1S/C9H14N2O10/c12-2-20-6(9(19)21-3-13)11-1-10-4(7(15)16)5(14)8(17)18/h2-6,9-11,14,19H,1H2,(H,15,16)(H,17,18). The highest BCUT2D eigenvalue weighted by Crippen LogP contribution is 1.97. The Morgan fingerprint density at radius 2 is 1.57 bits per heavy atom.